The number of hydrogen-bond acceptors (Lipinski definition) is 6. The number of anilines is 3. The van der Waals surface area contributed by atoms with Crippen molar-refractivity contribution in [3.8, 4) is 11.5 Å². The van der Waals surface area contributed by atoms with E-state index in [-0.39, 0.29) is 5.91 Å². The molecule has 0 saturated carbocycles. The van der Waals surface area contributed by atoms with E-state index in [0.717, 1.165) is 69.8 Å². The fourth-order valence-corrected chi connectivity index (χ4v) is 5.41. The molecule has 0 fully saturated rings. The fraction of sp³-hybridized carbons (Fsp3) is 0.241. The Morgan fingerprint density at radius 2 is 1.81 bits per heavy atom. The highest BCUT2D eigenvalue weighted by molar-refractivity contribution is 7.11. The van der Waals surface area contributed by atoms with E-state index in [0.29, 0.717) is 11.5 Å². The predicted octanol–water partition coefficient (Wildman–Crippen LogP) is 6.90. The van der Waals surface area contributed by atoms with Crippen LogP contribution in [0.5, 0.6) is 11.5 Å². The Labute approximate surface area is 215 Å². The number of aryl methyl sites for hydroxylation is 2. The molecule has 36 heavy (non-hydrogen) atoms. The van der Waals surface area contributed by atoms with Gasteiger partial charge in [-0.05, 0) is 91.6 Å². The molecule has 1 aliphatic rings. The number of ether oxygens (including phenoxy) is 2. The molecule has 184 valence electrons. The van der Waals surface area contributed by atoms with E-state index in [9.17, 15) is 4.79 Å². The molecule has 0 saturated heterocycles. The van der Waals surface area contributed by atoms with E-state index < -0.39 is 0 Å². The number of amides is 1. The van der Waals surface area contributed by atoms with Crippen LogP contribution in [0.1, 0.15) is 34.5 Å². The number of fused-ring (bicyclic) bond motifs is 2. The highest BCUT2D eigenvalue weighted by Gasteiger charge is 2.19. The van der Waals surface area contributed by atoms with Gasteiger partial charge in [0.05, 0.1) is 25.4 Å². The minimum Gasteiger partial charge on any atom is -0.493 e. The van der Waals surface area contributed by atoms with Crippen molar-refractivity contribution < 1.29 is 14.3 Å². The van der Waals surface area contributed by atoms with Gasteiger partial charge >= 0.3 is 0 Å². The van der Waals surface area contributed by atoms with Crippen LogP contribution in [0.4, 0.5) is 17.1 Å². The van der Waals surface area contributed by atoms with Gasteiger partial charge in [0.2, 0.25) is 5.91 Å². The van der Waals surface area contributed by atoms with Gasteiger partial charge in [-0.1, -0.05) is 0 Å². The smallest absolute Gasteiger partial charge is 0.248 e. The van der Waals surface area contributed by atoms with Crippen LogP contribution in [-0.2, 0) is 17.6 Å². The molecule has 0 bridgehead atoms. The molecule has 4 aromatic rings. The van der Waals surface area contributed by atoms with Crippen LogP contribution in [-0.4, -0.2) is 25.1 Å². The molecule has 2 aromatic carbocycles. The summed E-state index contributed by atoms with van der Waals surface area (Å²) in [5.74, 6) is 1.18. The van der Waals surface area contributed by atoms with E-state index in [1.165, 1.54) is 5.56 Å². The highest BCUT2D eigenvalue weighted by Crippen LogP contribution is 2.38. The van der Waals surface area contributed by atoms with Crippen LogP contribution >= 0.6 is 11.3 Å². The number of carbonyl (C=O) groups is 1. The predicted molar refractivity (Wildman–Crippen MR) is 148 cm³/mol. The van der Waals surface area contributed by atoms with Gasteiger partial charge in [-0.15, -0.1) is 11.3 Å². The summed E-state index contributed by atoms with van der Waals surface area (Å²) < 4.78 is 10.9. The van der Waals surface area contributed by atoms with Gasteiger partial charge in [0.1, 0.15) is 0 Å². The maximum absolute atomic E-state index is 12.6. The molecule has 0 atom stereocenters. The van der Waals surface area contributed by atoms with E-state index in [1.807, 2.05) is 60.8 Å². The number of methoxy groups -OCH3 is 2. The minimum absolute atomic E-state index is 0.164. The first-order valence-corrected chi connectivity index (χ1v) is 12.9. The number of rotatable bonds is 7. The van der Waals surface area contributed by atoms with Gasteiger partial charge in [-0.2, -0.15) is 0 Å². The van der Waals surface area contributed by atoms with Crippen LogP contribution in [0.25, 0.3) is 17.0 Å². The number of aromatic nitrogens is 1. The first kappa shape index (κ1) is 23.9. The van der Waals surface area contributed by atoms with Gasteiger partial charge in [-0.25, -0.2) is 0 Å². The number of nitrogens with one attached hydrogen (secondary N) is 2. The topological polar surface area (TPSA) is 72.5 Å². The third-order valence-electron chi connectivity index (χ3n) is 6.47. The molecule has 5 rings (SSSR count). The van der Waals surface area contributed by atoms with Crippen LogP contribution in [0.3, 0.4) is 0 Å². The normalized spacial score (nSPS) is 13.0. The molecule has 0 spiro atoms. The highest BCUT2D eigenvalue weighted by atomic mass is 32.1. The molecule has 1 aliphatic carbocycles. The molecule has 0 aliphatic heterocycles. The molecule has 1 amide bonds. The molecular weight excluding hydrogens is 470 g/mol. The van der Waals surface area contributed by atoms with E-state index in [4.69, 9.17) is 14.5 Å². The van der Waals surface area contributed by atoms with Crippen LogP contribution in [0, 0.1) is 6.92 Å². The molecule has 2 aromatic heterocycles. The van der Waals surface area contributed by atoms with E-state index >= 15 is 0 Å². The Hall–Kier alpha value is -3.84. The zero-order chi connectivity index (χ0) is 25.1. The summed E-state index contributed by atoms with van der Waals surface area (Å²) in [5, 5.41) is 9.64. The average molecular weight is 500 g/mol. The van der Waals surface area contributed by atoms with Crippen molar-refractivity contribution in [1.82, 2.24) is 4.98 Å². The molecule has 7 heteroatoms. The van der Waals surface area contributed by atoms with E-state index in [1.54, 1.807) is 31.6 Å². The Balaban J connectivity index is 1.50. The second-order valence-electron chi connectivity index (χ2n) is 8.84. The Morgan fingerprint density at radius 1 is 1.00 bits per heavy atom. The van der Waals surface area contributed by atoms with Crippen molar-refractivity contribution in [2.45, 2.75) is 32.6 Å². The van der Waals surface area contributed by atoms with Crippen molar-refractivity contribution in [3.63, 3.8) is 0 Å². The van der Waals surface area contributed by atoms with Crippen molar-refractivity contribution in [1.29, 1.82) is 0 Å². The average Bonchev–Trinajstić information content (AvgIpc) is 3.32. The van der Waals surface area contributed by atoms with Crippen molar-refractivity contribution in [2.75, 3.05) is 24.9 Å². The second kappa shape index (κ2) is 10.4. The first-order chi connectivity index (χ1) is 17.6. The molecular formula is C29H29N3O3S. The molecule has 0 radical (unpaired) electrons. The summed E-state index contributed by atoms with van der Waals surface area (Å²) in [6.45, 7) is 2.04. The van der Waals surface area contributed by atoms with Crippen LogP contribution in [0.2, 0.25) is 0 Å². The number of benzene rings is 2. The standard InChI is InChI=1S/C29H29N3O3S/c1-18-14-15-36-27(18)12-13-28(33)30-19-8-10-24-22(16-19)29(21-6-4-5-7-23(21)32-24)31-20-9-11-25(34-2)26(17-20)35-3/h8-17H,4-7H2,1-3H3,(H,30,33)(H,31,32). The van der Waals surface area contributed by atoms with Gasteiger partial charge < -0.3 is 20.1 Å². The number of thiophene rings is 1. The number of pyridine rings is 1. The SMILES string of the molecule is COc1ccc(Nc2c3c(nc4ccc(NC(=O)C=Cc5sccc5C)cc24)CCCC3)cc1OC. The zero-order valence-corrected chi connectivity index (χ0v) is 21.5. The number of carbonyl (C=O) groups excluding carboxylic acids is 1. The van der Waals surface area contributed by atoms with E-state index in [2.05, 4.69) is 10.6 Å². The van der Waals surface area contributed by atoms with Gasteiger partial charge in [-0.3, -0.25) is 9.78 Å². The van der Waals surface area contributed by atoms with Gasteiger partial charge in [0, 0.05) is 39.5 Å². The summed E-state index contributed by atoms with van der Waals surface area (Å²) in [7, 11) is 3.26. The monoisotopic (exact) mass is 499 g/mol. The quantitative estimate of drug-likeness (QED) is 0.271. The third-order valence-corrected chi connectivity index (χ3v) is 7.45. The van der Waals surface area contributed by atoms with Crippen LogP contribution in [0.15, 0.2) is 53.9 Å². The lowest BCUT2D eigenvalue weighted by atomic mass is 9.92. The summed E-state index contributed by atoms with van der Waals surface area (Å²) in [6, 6.07) is 13.7. The number of nitrogens with zero attached hydrogens (tertiary/aromatic N) is 1. The van der Waals surface area contributed by atoms with Crippen molar-refractivity contribution in [2.24, 2.45) is 0 Å². The number of hydrogen-bond donors (Lipinski definition) is 2. The summed E-state index contributed by atoms with van der Waals surface area (Å²) >= 11 is 1.62. The largest absolute Gasteiger partial charge is 0.493 e. The minimum atomic E-state index is -0.164. The van der Waals surface area contributed by atoms with Gasteiger partial charge in [0.15, 0.2) is 11.5 Å². The summed E-state index contributed by atoms with van der Waals surface area (Å²) in [5.41, 5.74) is 7.10. The lowest BCUT2D eigenvalue weighted by Gasteiger charge is -2.22. The Morgan fingerprint density at radius 3 is 2.58 bits per heavy atom. The molecule has 2 heterocycles. The second-order valence-corrected chi connectivity index (χ2v) is 9.78. The van der Waals surface area contributed by atoms with Gasteiger partial charge in [0.25, 0.3) is 0 Å². The molecule has 0 unspecified atom stereocenters. The third kappa shape index (κ3) is 4.93. The maximum Gasteiger partial charge on any atom is 0.248 e. The lowest BCUT2D eigenvalue weighted by Crippen LogP contribution is -2.11. The van der Waals surface area contributed by atoms with Crippen molar-refractivity contribution >= 4 is 51.3 Å². The molecule has 6 nitrogen and oxygen atoms in total. The lowest BCUT2D eigenvalue weighted by molar-refractivity contribution is -0.111. The summed E-state index contributed by atoms with van der Waals surface area (Å²) in [6.07, 6.45) is 7.65. The fourth-order valence-electron chi connectivity index (χ4n) is 4.59. The van der Waals surface area contributed by atoms with Crippen LogP contribution < -0.4 is 20.1 Å². The summed E-state index contributed by atoms with van der Waals surface area (Å²) in [4.78, 5) is 18.7. The maximum atomic E-state index is 12.6. The zero-order valence-electron chi connectivity index (χ0n) is 20.7. The Bertz CT molecular complexity index is 1460. The first-order valence-electron chi connectivity index (χ1n) is 12.0. The Kier molecular flexibility index (Phi) is 6.91. The van der Waals surface area contributed by atoms with Crippen molar-refractivity contribution in [3.05, 3.63) is 75.6 Å². The molecule has 2 N–H and O–H groups in total.